The number of carbonyl (C=O) groups is 1. The normalized spacial score (nSPS) is 17.8. The fourth-order valence-electron chi connectivity index (χ4n) is 2.09. The van der Waals surface area contributed by atoms with Crippen LogP contribution in [-0.2, 0) is 0 Å². The molecule has 8 heteroatoms. The Hall–Kier alpha value is -1.57. The Morgan fingerprint density at radius 1 is 1.37 bits per heavy atom. The number of aromatic amines is 1. The van der Waals surface area contributed by atoms with Crippen molar-refractivity contribution in [2.24, 2.45) is 0 Å². The van der Waals surface area contributed by atoms with Gasteiger partial charge in [0.2, 0.25) is 0 Å². The van der Waals surface area contributed by atoms with Gasteiger partial charge in [0.1, 0.15) is 5.69 Å². The maximum atomic E-state index is 12.2. The number of rotatable bonds is 2. The maximum absolute atomic E-state index is 12.2. The van der Waals surface area contributed by atoms with Gasteiger partial charge in [-0.25, -0.2) is 4.98 Å². The van der Waals surface area contributed by atoms with Crippen molar-refractivity contribution in [2.75, 3.05) is 32.7 Å². The van der Waals surface area contributed by atoms with Gasteiger partial charge in [-0.05, 0) is 6.92 Å². The van der Waals surface area contributed by atoms with Crippen molar-refractivity contribution in [3.05, 3.63) is 17.7 Å². The lowest BCUT2D eigenvalue weighted by Crippen LogP contribution is -2.51. The van der Waals surface area contributed by atoms with Gasteiger partial charge < -0.3 is 9.88 Å². The third kappa shape index (κ3) is 3.46. The zero-order valence-corrected chi connectivity index (χ0v) is 10.5. The van der Waals surface area contributed by atoms with Crippen molar-refractivity contribution >= 4 is 5.91 Å². The van der Waals surface area contributed by atoms with E-state index in [-0.39, 0.29) is 19.0 Å². The van der Waals surface area contributed by atoms with E-state index < -0.39 is 12.7 Å². The Morgan fingerprint density at radius 2 is 2.00 bits per heavy atom. The van der Waals surface area contributed by atoms with E-state index in [1.165, 1.54) is 16.1 Å². The Bertz CT molecular complexity index is 449. The summed E-state index contributed by atoms with van der Waals surface area (Å²) in [5.41, 5.74) is 1.01. The van der Waals surface area contributed by atoms with Gasteiger partial charge in [0.15, 0.2) is 0 Å². The number of aryl methyl sites for hydroxylation is 1. The molecular weight excluding hydrogens is 261 g/mol. The van der Waals surface area contributed by atoms with E-state index in [4.69, 9.17) is 0 Å². The standard InChI is InChI=1S/C11H15F3N4O/c1-8-9(16-7-15-8)10(19)18-4-2-17(3-5-18)6-11(12,13)14/h7H,2-6H2,1H3,(H,15,16). The van der Waals surface area contributed by atoms with E-state index in [0.29, 0.717) is 24.5 Å². The Kier molecular flexibility index (Phi) is 3.79. The van der Waals surface area contributed by atoms with Crippen LogP contribution >= 0.6 is 0 Å². The van der Waals surface area contributed by atoms with E-state index in [1.807, 2.05) is 0 Å². The molecule has 1 aliphatic heterocycles. The van der Waals surface area contributed by atoms with Crippen molar-refractivity contribution in [2.45, 2.75) is 13.1 Å². The Balaban J connectivity index is 1.90. The molecule has 0 bridgehead atoms. The van der Waals surface area contributed by atoms with Crippen LogP contribution in [0.5, 0.6) is 0 Å². The zero-order valence-electron chi connectivity index (χ0n) is 10.5. The topological polar surface area (TPSA) is 52.2 Å². The minimum atomic E-state index is -4.19. The molecule has 0 aromatic carbocycles. The second kappa shape index (κ2) is 5.20. The zero-order chi connectivity index (χ0) is 14.0. The highest BCUT2D eigenvalue weighted by molar-refractivity contribution is 5.93. The lowest BCUT2D eigenvalue weighted by Gasteiger charge is -2.34. The van der Waals surface area contributed by atoms with E-state index in [2.05, 4.69) is 9.97 Å². The molecule has 19 heavy (non-hydrogen) atoms. The molecule has 1 amide bonds. The highest BCUT2D eigenvalue weighted by Crippen LogP contribution is 2.18. The SMILES string of the molecule is Cc1[nH]cnc1C(=O)N1CCN(CC(F)(F)F)CC1. The molecule has 0 unspecified atom stereocenters. The van der Waals surface area contributed by atoms with Crippen LogP contribution in [0.2, 0.25) is 0 Å². The first-order valence-corrected chi connectivity index (χ1v) is 5.95. The van der Waals surface area contributed by atoms with E-state index in [1.54, 1.807) is 6.92 Å². The average Bonchev–Trinajstić information content (AvgIpc) is 2.73. The summed E-state index contributed by atoms with van der Waals surface area (Å²) >= 11 is 0. The summed E-state index contributed by atoms with van der Waals surface area (Å²) in [4.78, 5) is 21.7. The first-order chi connectivity index (χ1) is 8.87. The number of carbonyl (C=O) groups excluding carboxylic acids is 1. The minimum Gasteiger partial charge on any atom is -0.348 e. The second-order valence-corrected chi connectivity index (χ2v) is 4.56. The summed E-state index contributed by atoms with van der Waals surface area (Å²) in [5, 5.41) is 0. The Labute approximate surface area is 108 Å². The van der Waals surface area contributed by atoms with Crippen LogP contribution in [0, 0.1) is 6.92 Å². The number of alkyl halides is 3. The number of aromatic nitrogens is 2. The van der Waals surface area contributed by atoms with Gasteiger partial charge in [-0.15, -0.1) is 0 Å². The number of piperazine rings is 1. The quantitative estimate of drug-likeness (QED) is 0.878. The van der Waals surface area contributed by atoms with Crippen molar-refractivity contribution in [1.29, 1.82) is 0 Å². The molecule has 0 spiro atoms. The molecule has 1 fully saturated rings. The van der Waals surface area contributed by atoms with Crippen LogP contribution in [0.15, 0.2) is 6.33 Å². The van der Waals surface area contributed by atoms with Crippen LogP contribution in [0.1, 0.15) is 16.2 Å². The average molecular weight is 276 g/mol. The summed E-state index contributed by atoms with van der Waals surface area (Å²) in [5.74, 6) is -0.231. The first-order valence-electron chi connectivity index (χ1n) is 5.95. The molecule has 1 aliphatic rings. The molecule has 2 heterocycles. The number of H-pyrrole nitrogens is 1. The number of imidazole rings is 1. The molecule has 1 aromatic rings. The van der Waals surface area contributed by atoms with E-state index in [0.717, 1.165) is 0 Å². The largest absolute Gasteiger partial charge is 0.401 e. The summed E-state index contributed by atoms with van der Waals surface area (Å²) in [7, 11) is 0. The molecule has 2 rings (SSSR count). The molecule has 0 radical (unpaired) electrons. The molecule has 1 N–H and O–H groups in total. The molecule has 5 nitrogen and oxygen atoms in total. The highest BCUT2D eigenvalue weighted by atomic mass is 19.4. The fourth-order valence-corrected chi connectivity index (χ4v) is 2.09. The minimum absolute atomic E-state index is 0.231. The predicted octanol–water partition coefficient (Wildman–Crippen LogP) is 1.04. The highest BCUT2D eigenvalue weighted by Gasteiger charge is 2.33. The molecule has 0 aliphatic carbocycles. The van der Waals surface area contributed by atoms with Crippen molar-refractivity contribution in [3.63, 3.8) is 0 Å². The number of amides is 1. The summed E-state index contributed by atoms with van der Waals surface area (Å²) in [6, 6.07) is 0. The van der Waals surface area contributed by atoms with Crippen molar-refractivity contribution in [1.82, 2.24) is 19.8 Å². The first kappa shape index (κ1) is 13.9. The molecule has 106 valence electrons. The number of nitrogens with zero attached hydrogens (tertiary/aromatic N) is 3. The van der Waals surface area contributed by atoms with Gasteiger partial charge in [0.05, 0.1) is 12.9 Å². The van der Waals surface area contributed by atoms with Gasteiger partial charge in [-0.1, -0.05) is 0 Å². The van der Waals surface area contributed by atoms with Crippen molar-refractivity contribution in [3.8, 4) is 0 Å². The predicted molar refractivity (Wildman–Crippen MR) is 61.7 cm³/mol. The summed E-state index contributed by atoms with van der Waals surface area (Å²) in [6.45, 7) is 1.86. The number of halogens is 3. The van der Waals surface area contributed by atoms with Crippen LogP contribution in [0.4, 0.5) is 13.2 Å². The summed E-state index contributed by atoms with van der Waals surface area (Å²) < 4.78 is 36.7. The number of hydrogen-bond donors (Lipinski definition) is 1. The smallest absolute Gasteiger partial charge is 0.348 e. The van der Waals surface area contributed by atoms with Gasteiger partial charge in [-0.3, -0.25) is 9.69 Å². The third-order valence-corrected chi connectivity index (χ3v) is 3.09. The molecule has 1 aromatic heterocycles. The van der Waals surface area contributed by atoms with Gasteiger partial charge in [0, 0.05) is 31.9 Å². The second-order valence-electron chi connectivity index (χ2n) is 4.56. The fraction of sp³-hybridized carbons (Fsp3) is 0.636. The van der Waals surface area contributed by atoms with E-state index >= 15 is 0 Å². The molecule has 1 saturated heterocycles. The molecule has 0 saturated carbocycles. The van der Waals surface area contributed by atoms with Gasteiger partial charge >= 0.3 is 6.18 Å². The van der Waals surface area contributed by atoms with Gasteiger partial charge in [0.25, 0.3) is 5.91 Å². The monoisotopic (exact) mass is 276 g/mol. The van der Waals surface area contributed by atoms with Crippen LogP contribution in [-0.4, -0.2) is 64.6 Å². The van der Waals surface area contributed by atoms with E-state index in [9.17, 15) is 18.0 Å². The van der Waals surface area contributed by atoms with Gasteiger partial charge in [-0.2, -0.15) is 13.2 Å². The lowest BCUT2D eigenvalue weighted by atomic mass is 10.2. The molecular formula is C11H15F3N4O. The lowest BCUT2D eigenvalue weighted by molar-refractivity contribution is -0.148. The number of nitrogens with one attached hydrogen (secondary N) is 1. The van der Waals surface area contributed by atoms with Crippen LogP contribution < -0.4 is 0 Å². The number of hydrogen-bond acceptors (Lipinski definition) is 3. The Morgan fingerprint density at radius 3 is 2.47 bits per heavy atom. The van der Waals surface area contributed by atoms with Crippen molar-refractivity contribution < 1.29 is 18.0 Å². The molecule has 0 atom stereocenters. The third-order valence-electron chi connectivity index (χ3n) is 3.09. The maximum Gasteiger partial charge on any atom is 0.401 e. The summed E-state index contributed by atoms with van der Waals surface area (Å²) in [6.07, 6.45) is -2.76. The van der Waals surface area contributed by atoms with Crippen LogP contribution in [0.25, 0.3) is 0 Å². The van der Waals surface area contributed by atoms with Crippen LogP contribution in [0.3, 0.4) is 0 Å².